The number of tetrazole rings is 1. The summed E-state index contributed by atoms with van der Waals surface area (Å²) >= 11 is 0. The molecule has 1 fully saturated rings. The topological polar surface area (TPSA) is 69.9 Å². The van der Waals surface area contributed by atoms with E-state index in [9.17, 15) is 4.21 Å². The fourth-order valence-corrected chi connectivity index (χ4v) is 3.44. The molecule has 0 amide bonds. The van der Waals surface area contributed by atoms with E-state index in [0.29, 0.717) is 23.4 Å². The molecule has 1 atom stereocenters. The Morgan fingerprint density at radius 3 is 2.82 bits per heavy atom. The van der Waals surface area contributed by atoms with E-state index in [2.05, 4.69) is 15.5 Å². The average molecular weight is 320 g/mol. The third kappa shape index (κ3) is 3.71. The highest BCUT2D eigenvalue weighted by Crippen LogP contribution is 2.34. The van der Waals surface area contributed by atoms with Crippen LogP contribution in [0.2, 0.25) is 0 Å². The molecule has 1 heterocycles. The first-order valence-electron chi connectivity index (χ1n) is 7.49. The van der Waals surface area contributed by atoms with Crippen LogP contribution in [0.5, 0.6) is 5.75 Å². The van der Waals surface area contributed by atoms with Crippen molar-refractivity contribution < 1.29 is 8.95 Å². The second-order valence-corrected chi connectivity index (χ2v) is 7.23. The Hall–Kier alpha value is -1.76. The van der Waals surface area contributed by atoms with Gasteiger partial charge in [0.2, 0.25) is 0 Å². The van der Waals surface area contributed by atoms with Crippen LogP contribution in [0.15, 0.2) is 24.3 Å². The monoisotopic (exact) mass is 320 g/mol. The summed E-state index contributed by atoms with van der Waals surface area (Å²) < 4.78 is 20.0. The van der Waals surface area contributed by atoms with Gasteiger partial charge >= 0.3 is 0 Å². The molecule has 0 aliphatic heterocycles. The first kappa shape index (κ1) is 15.1. The molecule has 3 rings (SSSR count). The fraction of sp³-hybridized carbons (Fsp3) is 0.533. The lowest BCUT2D eigenvalue weighted by atomic mass is 10.2. The SMILES string of the molecule is CC(C)Oc1ccccc1C[S@@](=O)Cc1nnnn1C1CC1. The second-order valence-electron chi connectivity index (χ2n) is 5.77. The molecule has 0 N–H and O–H groups in total. The maximum atomic E-state index is 12.5. The zero-order valence-corrected chi connectivity index (χ0v) is 13.6. The van der Waals surface area contributed by atoms with Gasteiger partial charge in [0.05, 0.1) is 23.7 Å². The number of aromatic nitrogens is 4. The number of para-hydroxylation sites is 1. The second kappa shape index (κ2) is 6.56. The van der Waals surface area contributed by atoms with Gasteiger partial charge in [-0.25, -0.2) is 4.68 Å². The van der Waals surface area contributed by atoms with Gasteiger partial charge < -0.3 is 4.74 Å². The molecule has 0 radical (unpaired) electrons. The van der Waals surface area contributed by atoms with E-state index in [4.69, 9.17) is 4.74 Å². The summed E-state index contributed by atoms with van der Waals surface area (Å²) in [5.74, 6) is 2.33. The lowest BCUT2D eigenvalue weighted by Crippen LogP contribution is -2.10. The molecule has 2 aromatic rings. The minimum Gasteiger partial charge on any atom is -0.491 e. The van der Waals surface area contributed by atoms with Crippen molar-refractivity contribution in [3.63, 3.8) is 0 Å². The van der Waals surface area contributed by atoms with Crippen LogP contribution >= 0.6 is 0 Å². The molecule has 7 heteroatoms. The lowest BCUT2D eigenvalue weighted by molar-refractivity contribution is 0.240. The van der Waals surface area contributed by atoms with Crippen LogP contribution in [-0.4, -0.2) is 30.5 Å². The average Bonchev–Trinajstić information content (AvgIpc) is 3.21. The molecule has 0 bridgehead atoms. The van der Waals surface area contributed by atoms with Gasteiger partial charge in [0.1, 0.15) is 5.75 Å². The molecular formula is C15H20N4O2S. The number of ether oxygens (including phenoxy) is 1. The standard InChI is InChI=1S/C15H20N4O2S/c1-11(2)21-14-6-4-3-5-12(14)9-22(20)10-15-16-17-18-19(15)13-7-8-13/h3-6,11,13H,7-10H2,1-2H3/t22-/m1/s1. The Labute approximate surface area is 132 Å². The molecular weight excluding hydrogens is 300 g/mol. The van der Waals surface area contributed by atoms with Crippen molar-refractivity contribution in [1.82, 2.24) is 20.2 Å². The van der Waals surface area contributed by atoms with Crippen molar-refractivity contribution in [3.8, 4) is 5.75 Å². The largest absolute Gasteiger partial charge is 0.491 e. The summed E-state index contributed by atoms with van der Waals surface area (Å²) in [7, 11) is -1.07. The van der Waals surface area contributed by atoms with Crippen LogP contribution in [0.25, 0.3) is 0 Å². The van der Waals surface area contributed by atoms with Crippen LogP contribution in [0, 0.1) is 0 Å². The number of benzene rings is 1. The van der Waals surface area contributed by atoms with Crippen LogP contribution in [0.1, 0.15) is 44.1 Å². The van der Waals surface area contributed by atoms with Gasteiger partial charge in [0.15, 0.2) is 5.82 Å². The third-order valence-electron chi connectivity index (χ3n) is 3.40. The quantitative estimate of drug-likeness (QED) is 0.782. The molecule has 0 unspecified atom stereocenters. The summed E-state index contributed by atoms with van der Waals surface area (Å²) in [5.41, 5.74) is 0.958. The number of nitrogens with zero attached hydrogens (tertiary/aromatic N) is 4. The van der Waals surface area contributed by atoms with Crippen molar-refractivity contribution >= 4 is 10.8 Å². The lowest BCUT2D eigenvalue weighted by Gasteiger charge is -2.13. The van der Waals surface area contributed by atoms with Gasteiger partial charge in [-0.1, -0.05) is 18.2 Å². The molecule has 0 spiro atoms. The maximum Gasteiger partial charge on any atom is 0.164 e. The van der Waals surface area contributed by atoms with Gasteiger partial charge in [-0.2, -0.15) is 0 Å². The number of hydrogen-bond donors (Lipinski definition) is 0. The van der Waals surface area contributed by atoms with Gasteiger partial charge in [0.25, 0.3) is 0 Å². The highest BCUT2D eigenvalue weighted by Gasteiger charge is 2.28. The molecule has 1 saturated carbocycles. The molecule has 6 nitrogen and oxygen atoms in total. The summed E-state index contributed by atoms with van der Waals surface area (Å²) in [5, 5.41) is 11.7. The van der Waals surface area contributed by atoms with Gasteiger partial charge in [-0.15, -0.1) is 5.10 Å². The highest BCUT2D eigenvalue weighted by atomic mass is 32.2. The van der Waals surface area contributed by atoms with Crippen LogP contribution in [0.4, 0.5) is 0 Å². The van der Waals surface area contributed by atoms with E-state index in [0.717, 1.165) is 24.2 Å². The summed E-state index contributed by atoms with van der Waals surface area (Å²) in [6, 6.07) is 8.14. The van der Waals surface area contributed by atoms with E-state index in [1.54, 1.807) is 0 Å². The molecule has 22 heavy (non-hydrogen) atoms. The Morgan fingerprint density at radius 2 is 2.09 bits per heavy atom. The normalized spacial score (nSPS) is 16.0. The van der Waals surface area contributed by atoms with Crippen molar-refractivity contribution in [2.45, 2.75) is 50.3 Å². The van der Waals surface area contributed by atoms with E-state index in [1.165, 1.54) is 0 Å². The fourth-order valence-electron chi connectivity index (χ4n) is 2.27. The predicted molar refractivity (Wildman–Crippen MR) is 83.8 cm³/mol. The Morgan fingerprint density at radius 1 is 1.32 bits per heavy atom. The smallest absolute Gasteiger partial charge is 0.164 e. The molecule has 1 aromatic carbocycles. The summed E-state index contributed by atoms with van der Waals surface area (Å²) in [4.78, 5) is 0. The molecule has 1 aromatic heterocycles. The summed E-state index contributed by atoms with van der Waals surface area (Å²) in [6.45, 7) is 3.97. The summed E-state index contributed by atoms with van der Waals surface area (Å²) in [6.07, 6.45) is 2.31. The highest BCUT2D eigenvalue weighted by molar-refractivity contribution is 7.83. The predicted octanol–water partition coefficient (Wildman–Crippen LogP) is 2.24. The minimum absolute atomic E-state index is 0.0942. The third-order valence-corrected chi connectivity index (χ3v) is 4.61. The number of rotatable bonds is 7. The van der Waals surface area contributed by atoms with Gasteiger partial charge in [-0.3, -0.25) is 4.21 Å². The zero-order valence-electron chi connectivity index (χ0n) is 12.8. The zero-order chi connectivity index (χ0) is 15.5. The van der Waals surface area contributed by atoms with E-state index >= 15 is 0 Å². The first-order chi connectivity index (χ1) is 10.6. The Kier molecular flexibility index (Phi) is 4.52. The number of hydrogen-bond acceptors (Lipinski definition) is 5. The van der Waals surface area contributed by atoms with Crippen molar-refractivity contribution in [2.75, 3.05) is 0 Å². The van der Waals surface area contributed by atoms with Gasteiger partial charge in [0, 0.05) is 16.4 Å². The first-order valence-corrected chi connectivity index (χ1v) is 8.98. The van der Waals surface area contributed by atoms with Crippen LogP contribution in [-0.2, 0) is 22.3 Å². The van der Waals surface area contributed by atoms with Crippen LogP contribution < -0.4 is 4.74 Å². The van der Waals surface area contributed by atoms with Crippen molar-refractivity contribution in [3.05, 3.63) is 35.7 Å². The maximum absolute atomic E-state index is 12.5. The minimum atomic E-state index is -1.07. The molecule has 118 valence electrons. The van der Waals surface area contributed by atoms with E-state index in [1.807, 2.05) is 42.8 Å². The Balaban J connectivity index is 1.68. The van der Waals surface area contributed by atoms with Gasteiger partial charge in [-0.05, 0) is 43.2 Å². The van der Waals surface area contributed by atoms with Crippen LogP contribution in [0.3, 0.4) is 0 Å². The molecule has 1 aliphatic rings. The van der Waals surface area contributed by atoms with E-state index in [-0.39, 0.29) is 6.10 Å². The van der Waals surface area contributed by atoms with Crippen molar-refractivity contribution in [2.24, 2.45) is 0 Å². The van der Waals surface area contributed by atoms with E-state index < -0.39 is 10.8 Å². The van der Waals surface area contributed by atoms with Crippen molar-refractivity contribution in [1.29, 1.82) is 0 Å². The molecule has 0 saturated heterocycles. The Bertz CT molecular complexity index is 667. The molecule has 1 aliphatic carbocycles.